The monoisotopic (exact) mass is 257 g/mol. The van der Waals surface area contributed by atoms with Crippen LogP contribution in [0.25, 0.3) is 10.7 Å². The molecule has 0 bridgehead atoms. The van der Waals surface area contributed by atoms with Crippen LogP contribution in [0.3, 0.4) is 0 Å². The van der Waals surface area contributed by atoms with E-state index in [9.17, 15) is 0 Å². The minimum absolute atomic E-state index is 0. The zero-order chi connectivity index (χ0) is 10.1. The predicted octanol–water partition coefficient (Wildman–Crippen LogP) is 1.98. The van der Waals surface area contributed by atoms with Gasteiger partial charge in [0.05, 0.1) is 4.88 Å². The molecule has 1 aliphatic heterocycles. The lowest BCUT2D eigenvalue weighted by molar-refractivity contribution is 0.296. The third-order valence-corrected chi connectivity index (χ3v) is 3.40. The molecule has 0 aliphatic carbocycles. The van der Waals surface area contributed by atoms with Gasteiger partial charge in [-0.2, -0.15) is 4.98 Å². The smallest absolute Gasteiger partial charge is 0.227 e. The fourth-order valence-electron chi connectivity index (χ4n) is 1.58. The SMILES string of the molecule is Cl.c1csc(-c2noc(CC3CNC3)n2)c1. The lowest BCUT2D eigenvalue weighted by atomic mass is 10.00. The minimum atomic E-state index is 0. The lowest BCUT2D eigenvalue weighted by Gasteiger charge is -2.25. The zero-order valence-electron chi connectivity index (χ0n) is 8.55. The summed E-state index contributed by atoms with van der Waals surface area (Å²) < 4.78 is 5.21. The highest BCUT2D eigenvalue weighted by Crippen LogP contribution is 2.22. The third kappa shape index (κ3) is 2.26. The van der Waals surface area contributed by atoms with Crippen LogP contribution in [0, 0.1) is 5.92 Å². The fraction of sp³-hybridized carbons (Fsp3) is 0.400. The van der Waals surface area contributed by atoms with Crippen LogP contribution in [0.4, 0.5) is 0 Å². The Morgan fingerprint density at radius 2 is 2.38 bits per heavy atom. The molecule has 0 aromatic carbocycles. The Morgan fingerprint density at radius 3 is 3.00 bits per heavy atom. The van der Waals surface area contributed by atoms with E-state index in [2.05, 4.69) is 15.5 Å². The summed E-state index contributed by atoms with van der Waals surface area (Å²) in [5.41, 5.74) is 0. The molecule has 0 atom stereocenters. The lowest BCUT2D eigenvalue weighted by Crippen LogP contribution is -2.43. The molecule has 1 N–H and O–H groups in total. The number of nitrogens with one attached hydrogen (secondary N) is 1. The largest absolute Gasteiger partial charge is 0.339 e. The molecule has 0 radical (unpaired) electrons. The van der Waals surface area contributed by atoms with Crippen LogP contribution < -0.4 is 5.32 Å². The summed E-state index contributed by atoms with van der Waals surface area (Å²) in [6.07, 6.45) is 0.894. The van der Waals surface area contributed by atoms with Gasteiger partial charge in [-0.05, 0) is 30.5 Å². The Balaban J connectivity index is 0.000000963. The maximum atomic E-state index is 5.21. The molecule has 1 saturated heterocycles. The average molecular weight is 258 g/mol. The molecule has 2 aromatic heterocycles. The number of halogens is 1. The summed E-state index contributed by atoms with van der Waals surface area (Å²) in [5, 5.41) is 9.22. The van der Waals surface area contributed by atoms with Gasteiger partial charge in [0.2, 0.25) is 11.7 Å². The molecule has 86 valence electrons. The van der Waals surface area contributed by atoms with Crippen molar-refractivity contribution in [2.24, 2.45) is 5.92 Å². The average Bonchev–Trinajstić information content (AvgIpc) is 2.82. The molecule has 0 saturated carbocycles. The summed E-state index contributed by atoms with van der Waals surface area (Å²) in [7, 11) is 0. The molecule has 2 aromatic rings. The molecule has 4 nitrogen and oxygen atoms in total. The van der Waals surface area contributed by atoms with Crippen LogP contribution in [0.5, 0.6) is 0 Å². The molecule has 3 heterocycles. The van der Waals surface area contributed by atoms with Crippen LogP contribution in [0.15, 0.2) is 22.0 Å². The molecule has 0 unspecified atom stereocenters. The van der Waals surface area contributed by atoms with E-state index in [0.29, 0.717) is 11.7 Å². The molecular weight excluding hydrogens is 246 g/mol. The molecule has 16 heavy (non-hydrogen) atoms. The summed E-state index contributed by atoms with van der Waals surface area (Å²) >= 11 is 1.63. The number of nitrogens with zero attached hydrogens (tertiary/aromatic N) is 2. The van der Waals surface area contributed by atoms with Crippen LogP contribution >= 0.6 is 23.7 Å². The van der Waals surface area contributed by atoms with E-state index < -0.39 is 0 Å². The standard InChI is InChI=1S/C10H11N3OS.ClH/c1-2-8(15-3-1)10-12-9(14-13-10)4-7-5-11-6-7;/h1-3,7,11H,4-6H2;1H. The summed E-state index contributed by atoms with van der Waals surface area (Å²) in [6.45, 7) is 2.13. The summed E-state index contributed by atoms with van der Waals surface area (Å²) in [5.74, 6) is 2.14. The number of hydrogen-bond acceptors (Lipinski definition) is 5. The van der Waals surface area contributed by atoms with E-state index in [0.717, 1.165) is 30.3 Å². The van der Waals surface area contributed by atoms with Crippen LogP contribution in [-0.4, -0.2) is 23.2 Å². The van der Waals surface area contributed by atoms with Crippen molar-refractivity contribution in [1.29, 1.82) is 0 Å². The van der Waals surface area contributed by atoms with E-state index in [-0.39, 0.29) is 12.4 Å². The maximum Gasteiger partial charge on any atom is 0.227 e. The van der Waals surface area contributed by atoms with Crippen molar-refractivity contribution >= 4 is 23.7 Å². The van der Waals surface area contributed by atoms with Crippen molar-refractivity contribution < 1.29 is 4.52 Å². The number of rotatable bonds is 3. The van der Waals surface area contributed by atoms with Crippen molar-refractivity contribution in [2.45, 2.75) is 6.42 Å². The second-order valence-electron chi connectivity index (χ2n) is 3.72. The van der Waals surface area contributed by atoms with E-state index in [1.165, 1.54) is 0 Å². The Bertz CT molecular complexity index is 439. The Kier molecular flexibility index (Phi) is 3.58. The molecule has 1 fully saturated rings. The van der Waals surface area contributed by atoms with Crippen LogP contribution in [0.1, 0.15) is 5.89 Å². The molecule has 3 rings (SSSR count). The van der Waals surface area contributed by atoms with Crippen molar-refractivity contribution in [2.75, 3.05) is 13.1 Å². The maximum absolute atomic E-state index is 5.21. The highest BCUT2D eigenvalue weighted by atomic mass is 35.5. The summed E-state index contributed by atoms with van der Waals surface area (Å²) in [4.78, 5) is 5.45. The van der Waals surface area contributed by atoms with Crippen LogP contribution in [0.2, 0.25) is 0 Å². The number of thiophene rings is 1. The first-order valence-electron chi connectivity index (χ1n) is 4.99. The minimum Gasteiger partial charge on any atom is -0.339 e. The molecule has 0 spiro atoms. The highest BCUT2D eigenvalue weighted by Gasteiger charge is 2.20. The first-order chi connectivity index (χ1) is 7.42. The molecular formula is C10H12ClN3OS. The highest BCUT2D eigenvalue weighted by molar-refractivity contribution is 7.13. The normalized spacial score (nSPS) is 15.5. The number of hydrogen-bond donors (Lipinski definition) is 1. The second-order valence-corrected chi connectivity index (χ2v) is 4.67. The van der Waals surface area contributed by atoms with E-state index in [1.54, 1.807) is 11.3 Å². The van der Waals surface area contributed by atoms with Gasteiger partial charge in [0, 0.05) is 6.42 Å². The summed E-state index contributed by atoms with van der Waals surface area (Å²) in [6, 6.07) is 4.00. The number of aromatic nitrogens is 2. The first-order valence-corrected chi connectivity index (χ1v) is 5.87. The molecule has 0 amide bonds. The predicted molar refractivity (Wildman–Crippen MR) is 64.9 cm³/mol. The van der Waals surface area contributed by atoms with Gasteiger partial charge in [0.25, 0.3) is 0 Å². The van der Waals surface area contributed by atoms with Gasteiger partial charge in [-0.3, -0.25) is 0 Å². The van der Waals surface area contributed by atoms with E-state index >= 15 is 0 Å². The van der Waals surface area contributed by atoms with E-state index in [1.807, 2.05) is 17.5 Å². The van der Waals surface area contributed by atoms with Crippen molar-refractivity contribution in [3.8, 4) is 10.7 Å². The molecule has 6 heteroatoms. The van der Waals surface area contributed by atoms with E-state index in [4.69, 9.17) is 4.52 Å². The Morgan fingerprint density at radius 1 is 1.50 bits per heavy atom. The quantitative estimate of drug-likeness (QED) is 0.914. The van der Waals surface area contributed by atoms with Gasteiger partial charge >= 0.3 is 0 Å². The van der Waals surface area contributed by atoms with Gasteiger partial charge in [-0.15, -0.1) is 23.7 Å². The van der Waals surface area contributed by atoms with Gasteiger partial charge in [0.1, 0.15) is 0 Å². The third-order valence-electron chi connectivity index (χ3n) is 2.54. The Labute approximate surface area is 103 Å². The second kappa shape index (κ2) is 4.95. The zero-order valence-corrected chi connectivity index (χ0v) is 10.2. The van der Waals surface area contributed by atoms with Crippen LogP contribution in [-0.2, 0) is 6.42 Å². The first kappa shape index (κ1) is 11.6. The van der Waals surface area contributed by atoms with Crippen molar-refractivity contribution in [3.05, 3.63) is 23.4 Å². The van der Waals surface area contributed by atoms with Crippen molar-refractivity contribution in [1.82, 2.24) is 15.5 Å². The van der Waals surface area contributed by atoms with Gasteiger partial charge < -0.3 is 9.84 Å². The topological polar surface area (TPSA) is 51.0 Å². The molecule has 1 aliphatic rings. The fourth-order valence-corrected chi connectivity index (χ4v) is 2.23. The van der Waals surface area contributed by atoms with Crippen molar-refractivity contribution in [3.63, 3.8) is 0 Å². The Hall–Kier alpha value is -0.910. The van der Waals surface area contributed by atoms with Gasteiger partial charge in [0.15, 0.2) is 0 Å². The van der Waals surface area contributed by atoms with Gasteiger partial charge in [-0.25, -0.2) is 0 Å². The van der Waals surface area contributed by atoms with Gasteiger partial charge in [-0.1, -0.05) is 11.2 Å².